The Hall–Kier alpha value is -1.16. The van der Waals surface area contributed by atoms with Crippen LogP contribution in [0.2, 0.25) is 0 Å². The number of aliphatic hydroxyl groups excluding tert-OH is 1. The zero-order valence-corrected chi connectivity index (χ0v) is 7.57. The second-order valence-electron chi connectivity index (χ2n) is 3.38. The van der Waals surface area contributed by atoms with Gasteiger partial charge in [-0.1, -0.05) is 0 Å². The number of aliphatic hydroxyl groups is 1. The van der Waals surface area contributed by atoms with Gasteiger partial charge in [-0.2, -0.15) is 0 Å². The number of nitrogens with one attached hydrogen (secondary N) is 1. The Morgan fingerprint density at radius 1 is 1.54 bits per heavy atom. The molecule has 0 aliphatic heterocycles. The van der Waals surface area contributed by atoms with Crippen molar-refractivity contribution >= 4 is 5.82 Å². The Balaban J connectivity index is 2.01. The fraction of sp³-hybridized carbons (Fsp3) is 0.556. The Bertz CT molecular complexity index is 303. The molecule has 0 spiro atoms. The van der Waals surface area contributed by atoms with Crippen LogP contribution in [0.3, 0.4) is 0 Å². The van der Waals surface area contributed by atoms with Crippen LogP contribution < -0.4 is 5.32 Å². The van der Waals surface area contributed by atoms with E-state index in [2.05, 4.69) is 15.3 Å². The summed E-state index contributed by atoms with van der Waals surface area (Å²) in [6, 6.07) is 1.99. The molecule has 4 nitrogen and oxygen atoms in total. The predicted molar refractivity (Wildman–Crippen MR) is 49.4 cm³/mol. The lowest BCUT2D eigenvalue weighted by molar-refractivity contribution is 0.0784. The van der Waals surface area contributed by atoms with Crippen molar-refractivity contribution in [1.29, 1.82) is 0 Å². The average molecular weight is 179 g/mol. The van der Waals surface area contributed by atoms with E-state index in [1.54, 1.807) is 6.20 Å². The van der Waals surface area contributed by atoms with Crippen LogP contribution >= 0.6 is 0 Å². The molecule has 1 heterocycles. The summed E-state index contributed by atoms with van der Waals surface area (Å²) in [5.41, 5.74) is 0. The topological polar surface area (TPSA) is 58.0 Å². The highest BCUT2D eigenvalue weighted by Crippen LogP contribution is 2.22. The Morgan fingerprint density at radius 3 is 2.92 bits per heavy atom. The molecular formula is C9H13N3O. The molecule has 2 N–H and O–H groups in total. The Morgan fingerprint density at radius 2 is 2.38 bits per heavy atom. The minimum Gasteiger partial charge on any atom is -0.391 e. The maximum atomic E-state index is 9.33. The molecule has 0 amide bonds. The molecular weight excluding hydrogens is 166 g/mol. The zero-order valence-electron chi connectivity index (χ0n) is 7.57. The lowest BCUT2D eigenvalue weighted by Crippen LogP contribution is -2.42. The van der Waals surface area contributed by atoms with Gasteiger partial charge in [0.25, 0.3) is 0 Å². The van der Waals surface area contributed by atoms with Crippen LogP contribution in [-0.4, -0.2) is 27.2 Å². The number of aryl methyl sites for hydroxylation is 1. The van der Waals surface area contributed by atoms with Gasteiger partial charge in [0.15, 0.2) is 0 Å². The molecule has 2 rings (SSSR count). The van der Waals surface area contributed by atoms with E-state index >= 15 is 0 Å². The number of hydrogen-bond acceptors (Lipinski definition) is 4. The standard InChI is InChI=1S/C9H13N3O/c1-6-10-5-4-9(11-6)12-7-2-3-8(7)13/h4-5,7-8,13H,2-3H2,1H3,(H,10,11,12). The monoisotopic (exact) mass is 179 g/mol. The van der Waals surface area contributed by atoms with Gasteiger partial charge in [-0.15, -0.1) is 0 Å². The summed E-state index contributed by atoms with van der Waals surface area (Å²) in [7, 11) is 0. The molecule has 70 valence electrons. The summed E-state index contributed by atoms with van der Waals surface area (Å²) in [5, 5.41) is 12.5. The minimum absolute atomic E-state index is 0.175. The number of nitrogens with zero attached hydrogens (tertiary/aromatic N) is 2. The number of aromatic nitrogens is 2. The highest BCUT2D eigenvalue weighted by molar-refractivity contribution is 5.35. The summed E-state index contributed by atoms with van der Waals surface area (Å²) in [6.07, 6.45) is 3.41. The third-order valence-corrected chi connectivity index (χ3v) is 2.35. The highest BCUT2D eigenvalue weighted by atomic mass is 16.3. The van der Waals surface area contributed by atoms with Crippen molar-refractivity contribution in [3.05, 3.63) is 18.1 Å². The van der Waals surface area contributed by atoms with E-state index in [0.29, 0.717) is 0 Å². The van der Waals surface area contributed by atoms with Crippen LogP contribution in [0.25, 0.3) is 0 Å². The van der Waals surface area contributed by atoms with Crippen molar-refractivity contribution in [3.8, 4) is 0 Å². The maximum Gasteiger partial charge on any atom is 0.129 e. The second-order valence-corrected chi connectivity index (χ2v) is 3.38. The normalized spacial score (nSPS) is 26.6. The number of hydrogen-bond donors (Lipinski definition) is 2. The van der Waals surface area contributed by atoms with Gasteiger partial charge in [0.2, 0.25) is 0 Å². The maximum absolute atomic E-state index is 9.33. The fourth-order valence-electron chi connectivity index (χ4n) is 1.38. The first-order chi connectivity index (χ1) is 6.25. The molecule has 1 aromatic heterocycles. The second kappa shape index (κ2) is 3.30. The van der Waals surface area contributed by atoms with Gasteiger partial charge in [0.1, 0.15) is 11.6 Å². The minimum atomic E-state index is -0.213. The van der Waals surface area contributed by atoms with Gasteiger partial charge in [0.05, 0.1) is 12.1 Å². The molecule has 1 aliphatic carbocycles. The quantitative estimate of drug-likeness (QED) is 0.702. The molecule has 0 saturated heterocycles. The molecule has 2 atom stereocenters. The lowest BCUT2D eigenvalue weighted by Gasteiger charge is -2.33. The molecule has 0 radical (unpaired) electrons. The molecule has 0 bridgehead atoms. The first-order valence-corrected chi connectivity index (χ1v) is 4.50. The van der Waals surface area contributed by atoms with E-state index < -0.39 is 0 Å². The van der Waals surface area contributed by atoms with Crippen LogP contribution in [0.15, 0.2) is 12.3 Å². The van der Waals surface area contributed by atoms with Crippen molar-refractivity contribution in [3.63, 3.8) is 0 Å². The predicted octanol–water partition coefficient (Wildman–Crippen LogP) is 0.720. The first-order valence-electron chi connectivity index (χ1n) is 4.50. The molecule has 1 aliphatic rings. The van der Waals surface area contributed by atoms with Crippen LogP contribution in [0, 0.1) is 6.92 Å². The number of rotatable bonds is 2. The molecule has 4 heteroatoms. The van der Waals surface area contributed by atoms with Crippen molar-refractivity contribution in [1.82, 2.24) is 9.97 Å². The van der Waals surface area contributed by atoms with Crippen LogP contribution in [0.4, 0.5) is 5.82 Å². The van der Waals surface area contributed by atoms with E-state index in [1.165, 1.54) is 0 Å². The third kappa shape index (κ3) is 1.78. The number of anilines is 1. The zero-order chi connectivity index (χ0) is 9.26. The molecule has 2 unspecified atom stereocenters. The summed E-state index contributed by atoms with van der Waals surface area (Å²) < 4.78 is 0. The van der Waals surface area contributed by atoms with E-state index in [1.807, 2.05) is 13.0 Å². The third-order valence-electron chi connectivity index (χ3n) is 2.35. The molecule has 13 heavy (non-hydrogen) atoms. The van der Waals surface area contributed by atoms with E-state index in [0.717, 1.165) is 24.5 Å². The molecule has 1 aromatic rings. The molecule has 1 fully saturated rings. The van der Waals surface area contributed by atoms with Gasteiger partial charge in [0, 0.05) is 6.20 Å². The largest absolute Gasteiger partial charge is 0.391 e. The highest BCUT2D eigenvalue weighted by Gasteiger charge is 2.28. The van der Waals surface area contributed by atoms with Crippen molar-refractivity contribution in [2.75, 3.05) is 5.32 Å². The molecule has 1 saturated carbocycles. The molecule has 0 aromatic carbocycles. The summed E-state index contributed by atoms with van der Waals surface area (Å²) in [6.45, 7) is 1.85. The van der Waals surface area contributed by atoms with Gasteiger partial charge in [-0.25, -0.2) is 9.97 Å². The Kier molecular flexibility index (Phi) is 2.14. The van der Waals surface area contributed by atoms with Crippen molar-refractivity contribution < 1.29 is 5.11 Å². The first kappa shape index (κ1) is 8.44. The summed E-state index contributed by atoms with van der Waals surface area (Å²) >= 11 is 0. The van der Waals surface area contributed by atoms with Gasteiger partial charge in [-0.3, -0.25) is 0 Å². The summed E-state index contributed by atoms with van der Waals surface area (Å²) in [4.78, 5) is 8.19. The van der Waals surface area contributed by atoms with Crippen LogP contribution in [-0.2, 0) is 0 Å². The van der Waals surface area contributed by atoms with E-state index in [-0.39, 0.29) is 12.1 Å². The Labute approximate surface area is 77.0 Å². The summed E-state index contributed by atoms with van der Waals surface area (Å²) in [5.74, 6) is 1.55. The van der Waals surface area contributed by atoms with Crippen LogP contribution in [0.1, 0.15) is 18.7 Å². The van der Waals surface area contributed by atoms with E-state index in [9.17, 15) is 5.11 Å². The lowest BCUT2D eigenvalue weighted by atomic mass is 9.89. The van der Waals surface area contributed by atoms with Crippen molar-refractivity contribution in [2.24, 2.45) is 0 Å². The van der Waals surface area contributed by atoms with Crippen LogP contribution in [0.5, 0.6) is 0 Å². The van der Waals surface area contributed by atoms with Gasteiger partial charge in [-0.05, 0) is 25.8 Å². The van der Waals surface area contributed by atoms with E-state index in [4.69, 9.17) is 0 Å². The average Bonchev–Trinajstić information content (AvgIpc) is 2.12. The van der Waals surface area contributed by atoms with Crippen molar-refractivity contribution in [2.45, 2.75) is 31.9 Å². The van der Waals surface area contributed by atoms with Gasteiger partial charge >= 0.3 is 0 Å². The SMILES string of the molecule is Cc1nccc(NC2CCC2O)n1. The fourth-order valence-corrected chi connectivity index (χ4v) is 1.38. The van der Waals surface area contributed by atoms with Gasteiger partial charge < -0.3 is 10.4 Å². The smallest absolute Gasteiger partial charge is 0.129 e.